The molecule has 0 aliphatic rings. The van der Waals surface area contributed by atoms with Gasteiger partial charge >= 0.3 is 11.9 Å². The van der Waals surface area contributed by atoms with E-state index in [4.69, 9.17) is 14.6 Å². The molecule has 0 unspecified atom stereocenters. The molecule has 0 aromatic heterocycles. The van der Waals surface area contributed by atoms with Crippen LogP contribution in [0.3, 0.4) is 0 Å². The zero-order valence-electron chi connectivity index (χ0n) is 26.7. The highest BCUT2D eigenvalue weighted by Crippen LogP contribution is 2.11. The summed E-state index contributed by atoms with van der Waals surface area (Å²) in [6.45, 7) is 2.23. The predicted molar refractivity (Wildman–Crippen MR) is 174 cm³/mol. The molecule has 0 saturated heterocycles. The Morgan fingerprint density at radius 1 is 0.548 bits per heavy atom. The molecule has 6 nitrogen and oxygen atoms in total. The predicted octanol–water partition coefficient (Wildman–Crippen LogP) is 8.86. The van der Waals surface area contributed by atoms with Gasteiger partial charge in [0.2, 0.25) is 0 Å². The summed E-state index contributed by atoms with van der Waals surface area (Å²) in [5, 5.41) is 18.7. The third-order valence-electron chi connectivity index (χ3n) is 6.87. The number of carbonyl (C=O) groups is 2. The van der Waals surface area contributed by atoms with E-state index < -0.39 is 6.10 Å². The molecule has 2 N–H and O–H groups in total. The van der Waals surface area contributed by atoms with Crippen LogP contribution in [0, 0.1) is 0 Å². The van der Waals surface area contributed by atoms with E-state index in [0.29, 0.717) is 25.9 Å². The lowest BCUT2D eigenvalue weighted by molar-refractivity contribution is -0.152. The number of esters is 2. The molecule has 0 aromatic rings. The molecule has 0 rings (SSSR count). The third-order valence-corrected chi connectivity index (χ3v) is 6.87. The van der Waals surface area contributed by atoms with Crippen LogP contribution in [0.5, 0.6) is 0 Å². The monoisotopic (exact) mass is 590 g/mol. The molecule has 0 amide bonds. The highest BCUT2D eigenvalue weighted by Gasteiger charge is 2.11. The second-order valence-electron chi connectivity index (χ2n) is 11.0. The van der Waals surface area contributed by atoms with Crippen molar-refractivity contribution in [1.29, 1.82) is 0 Å². The van der Waals surface area contributed by atoms with E-state index in [9.17, 15) is 14.7 Å². The molecule has 0 aromatic carbocycles. The van der Waals surface area contributed by atoms with Crippen molar-refractivity contribution in [1.82, 2.24) is 0 Å². The molecule has 0 radical (unpaired) electrons. The maximum absolute atomic E-state index is 11.9. The molecule has 6 heteroatoms. The number of carbonyl (C=O) groups excluding carboxylic acids is 2. The Kier molecular flexibility index (Phi) is 31.6. The first kappa shape index (κ1) is 39.8. The number of rotatable bonds is 30. The van der Waals surface area contributed by atoms with Crippen molar-refractivity contribution < 1.29 is 29.3 Å². The van der Waals surface area contributed by atoms with Gasteiger partial charge in [-0.3, -0.25) is 9.59 Å². The van der Waals surface area contributed by atoms with Crippen molar-refractivity contribution >= 4 is 11.9 Å². The fourth-order valence-corrected chi connectivity index (χ4v) is 4.29. The van der Waals surface area contributed by atoms with E-state index in [0.717, 1.165) is 70.6 Å². The van der Waals surface area contributed by atoms with E-state index in [-0.39, 0.29) is 25.2 Å². The highest BCUT2D eigenvalue weighted by atomic mass is 16.6. The topological polar surface area (TPSA) is 93.1 Å². The fraction of sp³-hybridized carbons (Fsp3) is 0.722. The van der Waals surface area contributed by atoms with Gasteiger partial charge in [0.25, 0.3) is 0 Å². The molecule has 1 atom stereocenters. The molecule has 0 aliphatic heterocycles. The van der Waals surface area contributed by atoms with Crippen LogP contribution in [0.15, 0.2) is 48.6 Å². The maximum Gasteiger partial charge on any atom is 0.305 e. The van der Waals surface area contributed by atoms with Crippen molar-refractivity contribution in [3.8, 4) is 0 Å². The summed E-state index contributed by atoms with van der Waals surface area (Å²) in [4.78, 5) is 23.7. The lowest BCUT2D eigenvalue weighted by Gasteiger charge is -2.12. The van der Waals surface area contributed by atoms with E-state index >= 15 is 0 Å². The quantitative estimate of drug-likeness (QED) is 0.0493. The Morgan fingerprint density at radius 3 is 1.45 bits per heavy atom. The zero-order chi connectivity index (χ0) is 30.8. The number of hydrogen-bond donors (Lipinski definition) is 2. The molecule has 0 fully saturated rings. The van der Waals surface area contributed by atoms with Gasteiger partial charge in [0.1, 0.15) is 19.3 Å². The van der Waals surface area contributed by atoms with Gasteiger partial charge < -0.3 is 19.7 Å². The number of hydrogen-bond acceptors (Lipinski definition) is 6. The summed E-state index contributed by atoms with van der Waals surface area (Å²) in [7, 11) is 0. The zero-order valence-corrected chi connectivity index (χ0v) is 26.7. The van der Waals surface area contributed by atoms with Gasteiger partial charge in [-0.15, -0.1) is 0 Å². The molecule has 42 heavy (non-hydrogen) atoms. The highest BCUT2D eigenvalue weighted by molar-refractivity contribution is 5.69. The van der Waals surface area contributed by atoms with Gasteiger partial charge in [-0.05, 0) is 57.8 Å². The first-order chi connectivity index (χ1) is 20.6. The number of aliphatic hydroxyl groups excluding tert-OH is 2. The van der Waals surface area contributed by atoms with Crippen LogP contribution in [-0.4, -0.2) is 48.1 Å². The number of unbranched alkanes of at least 4 members (excludes halogenated alkanes) is 13. The van der Waals surface area contributed by atoms with Crippen molar-refractivity contribution in [2.24, 2.45) is 0 Å². The third kappa shape index (κ3) is 32.3. The van der Waals surface area contributed by atoms with Gasteiger partial charge in [-0.25, -0.2) is 0 Å². The lowest BCUT2D eigenvalue weighted by Crippen LogP contribution is -2.25. The fourth-order valence-electron chi connectivity index (χ4n) is 4.29. The summed E-state index contributed by atoms with van der Waals surface area (Å²) in [6.07, 6.45) is 37.5. The Balaban J connectivity index is 3.58. The van der Waals surface area contributed by atoms with Crippen LogP contribution in [0.2, 0.25) is 0 Å². The van der Waals surface area contributed by atoms with Crippen molar-refractivity contribution in [3.63, 3.8) is 0 Å². The van der Waals surface area contributed by atoms with Gasteiger partial charge in [0, 0.05) is 19.4 Å². The molecular formula is C36H62O6. The Bertz CT molecular complexity index is 724. The van der Waals surface area contributed by atoms with Crippen LogP contribution in [-0.2, 0) is 19.1 Å². The van der Waals surface area contributed by atoms with Crippen LogP contribution in [0.4, 0.5) is 0 Å². The normalized spacial score (nSPS) is 12.7. The Morgan fingerprint density at radius 2 is 0.952 bits per heavy atom. The minimum absolute atomic E-state index is 0.139. The minimum Gasteiger partial charge on any atom is -0.463 e. The van der Waals surface area contributed by atoms with Gasteiger partial charge in [0.05, 0.1) is 0 Å². The van der Waals surface area contributed by atoms with Crippen molar-refractivity contribution in [2.75, 3.05) is 19.8 Å². The lowest BCUT2D eigenvalue weighted by atomic mass is 10.1. The Labute approximate surface area is 257 Å². The summed E-state index contributed by atoms with van der Waals surface area (Å²) < 4.78 is 10.2. The summed E-state index contributed by atoms with van der Waals surface area (Å²) in [6, 6.07) is 0. The average molecular weight is 591 g/mol. The molecule has 0 aliphatic carbocycles. The average Bonchev–Trinajstić information content (AvgIpc) is 2.99. The van der Waals surface area contributed by atoms with Crippen LogP contribution in [0.1, 0.15) is 142 Å². The smallest absolute Gasteiger partial charge is 0.305 e. The SMILES string of the molecule is CCCCCCCCCCCCC(=O)OC[C@H](O)COC(=O)CCC/C=C\C/C=C\C/C=C\C/C=C\CCCCCO. The largest absolute Gasteiger partial charge is 0.463 e. The van der Waals surface area contributed by atoms with Crippen molar-refractivity contribution in [3.05, 3.63) is 48.6 Å². The molecule has 242 valence electrons. The second-order valence-corrected chi connectivity index (χ2v) is 11.0. The first-order valence-electron chi connectivity index (χ1n) is 16.8. The van der Waals surface area contributed by atoms with E-state index in [1.807, 2.05) is 0 Å². The number of ether oxygens (including phenoxy) is 2. The second kappa shape index (κ2) is 33.3. The molecule has 0 saturated carbocycles. The molecular weight excluding hydrogens is 528 g/mol. The minimum atomic E-state index is -0.989. The van der Waals surface area contributed by atoms with Gasteiger partial charge in [0.15, 0.2) is 0 Å². The summed E-state index contributed by atoms with van der Waals surface area (Å²) in [5.41, 5.74) is 0. The number of aliphatic hydroxyl groups is 2. The summed E-state index contributed by atoms with van der Waals surface area (Å²) in [5.74, 6) is -0.647. The molecule has 0 heterocycles. The van der Waals surface area contributed by atoms with Crippen LogP contribution in [0.25, 0.3) is 0 Å². The van der Waals surface area contributed by atoms with Crippen LogP contribution >= 0.6 is 0 Å². The molecule has 0 spiro atoms. The van der Waals surface area contributed by atoms with Gasteiger partial charge in [-0.1, -0.05) is 120 Å². The maximum atomic E-state index is 11.9. The van der Waals surface area contributed by atoms with Crippen molar-refractivity contribution in [2.45, 2.75) is 148 Å². The molecule has 0 bridgehead atoms. The van der Waals surface area contributed by atoms with E-state index in [1.165, 1.54) is 44.9 Å². The van der Waals surface area contributed by atoms with E-state index in [2.05, 4.69) is 55.5 Å². The first-order valence-corrected chi connectivity index (χ1v) is 16.8. The standard InChI is InChI=1S/C36H62O6/c1-2-3-4-5-6-7-17-20-23-26-29-35(39)41-32-34(38)33-42-36(40)30-27-24-21-18-15-13-11-9-8-10-12-14-16-19-22-25-28-31-37/h8,10-11,13-14,16,18,21,34,37-38H,2-7,9,12,15,17,19-20,22-33H2,1H3/b10-8-,13-11-,16-14-,21-18-/t34-/m0/s1. The number of allylic oxidation sites excluding steroid dienone is 8. The summed E-state index contributed by atoms with van der Waals surface area (Å²) >= 11 is 0. The van der Waals surface area contributed by atoms with E-state index in [1.54, 1.807) is 0 Å². The van der Waals surface area contributed by atoms with Gasteiger partial charge in [-0.2, -0.15) is 0 Å². The Hall–Kier alpha value is -2.18. The van der Waals surface area contributed by atoms with Crippen LogP contribution < -0.4 is 0 Å².